The van der Waals surface area contributed by atoms with Gasteiger partial charge >= 0.3 is 0 Å². The van der Waals surface area contributed by atoms with Crippen molar-refractivity contribution >= 4 is 11.6 Å². The van der Waals surface area contributed by atoms with Crippen LogP contribution in [0.5, 0.6) is 5.75 Å². The maximum absolute atomic E-state index is 10.4. The lowest BCUT2D eigenvalue weighted by atomic mass is 9.82. The zero-order chi connectivity index (χ0) is 12.3. The second-order valence-corrected chi connectivity index (χ2v) is 5.17. The fourth-order valence-corrected chi connectivity index (χ4v) is 2.80. The highest BCUT2D eigenvalue weighted by molar-refractivity contribution is 6.30. The van der Waals surface area contributed by atoms with Crippen LogP contribution >= 0.6 is 11.6 Å². The fraction of sp³-hybridized carbons (Fsp3) is 0.571. The Morgan fingerprint density at radius 3 is 2.65 bits per heavy atom. The number of methoxy groups -OCH3 is 1. The predicted molar refractivity (Wildman–Crippen MR) is 69.5 cm³/mol. The van der Waals surface area contributed by atoms with Crippen molar-refractivity contribution in [2.75, 3.05) is 7.11 Å². The van der Waals surface area contributed by atoms with Crippen LogP contribution in [-0.2, 0) is 0 Å². The minimum Gasteiger partial charge on any atom is -0.496 e. The van der Waals surface area contributed by atoms with Crippen molar-refractivity contribution in [1.82, 2.24) is 0 Å². The minimum absolute atomic E-state index is 0.360. The summed E-state index contributed by atoms with van der Waals surface area (Å²) in [4.78, 5) is 0. The molecule has 1 aromatic rings. The summed E-state index contributed by atoms with van der Waals surface area (Å²) in [6, 6.07) is 5.45. The summed E-state index contributed by atoms with van der Waals surface area (Å²) in [6.07, 6.45) is 5.51. The Balaban J connectivity index is 2.19. The normalized spacial score (nSPS) is 19.0. The monoisotopic (exact) mass is 254 g/mol. The molecule has 0 aliphatic heterocycles. The van der Waals surface area contributed by atoms with E-state index in [9.17, 15) is 5.11 Å². The van der Waals surface area contributed by atoms with E-state index in [-0.39, 0.29) is 0 Å². The predicted octanol–water partition coefficient (Wildman–Crippen LogP) is 3.96. The van der Waals surface area contributed by atoms with Crippen LogP contribution in [0.2, 0.25) is 5.02 Å². The van der Waals surface area contributed by atoms with Gasteiger partial charge in [-0.25, -0.2) is 0 Å². The van der Waals surface area contributed by atoms with Gasteiger partial charge < -0.3 is 9.84 Å². The number of aliphatic hydroxyl groups is 1. The quantitative estimate of drug-likeness (QED) is 0.885. The molecule has 1 aromatic carbocycles. The molecule has 0 amide bonds. The largest absolute Gasteiger partial charge is 0.496 e. The average molecular weight is 255 g/mol. The van der Waals surface area contributed by atoms with Crippen molar-refractivity contribution in [3.05, 3.63) is 28.8 Å². The van der Waals surface area contributed by atoms with Gasteiger partial charge in [0.1, 0.15) is 5.75 Å². The van der Waals surface area contributed by atoms with Crippen molar-refractivity contribution < 1.29 is 9.84 Å². The molecule has 0 aromatic heterocycles. The van der Waals surface area contributed by atoms with Crippen molar-refractivity contribution in [3.8, 4) is 5.75 Å². The van der Waals surface area contributed by atoms with Gasteiger partial charge in [0.15, 0.2) is 0 Å². The molecule has 0 spiro atoms. The Morgan fingerprint density at radius 1 is 1.29 bits per heavy atom. The molecule has 1 atom stereocenters. The lowest BCUT2D eigenvalue weighted by molar-refractivity contribution is 0.0825. The summed E-state index contributed by atoms with van der Waals surface area (Å²) in [5, 5.41) is 11.1. The Hall–Kier alpha value is -0.730. The van der Waals surface area contributed by atoms with E-state index in [1.807, 2.05) is 12.1 Å². The minimum atomic E-state index is -0.428. The Bertz CT molecular complexity index is 372. The third-order valence-electron chi connectivity index (χ3n) is 3.61. The number of halogens is 1. The molecule has 1 unspecified atom stereocenters. The van der Waals surface area contributed by atoms with Crippen molar-refractivity contribution in [2.24, 2.45) is 5.92 Å². The third-order valence-corrected chi connectivity index (χ3v) is 3.85. The average Bonchev–Trinajstić information content (AvgIpc) is 2.39. The summed E-state index contributed by atoms with van der Waals surface area (Å²) < 4.78 is 5.29. The van der Waals surface area contributed by atoms with E-state index in [1.165, 1.54) is 19.3 Å². The second-order valence-electron chi connectivity index (χ2n) is 4.73. The summed E-state index contributed by atoms with van der Waals surface area (Å²) in [6.45, 7) is 0. The Morgan fingerprint density at radius 2 is 2.00 bits per heavy atom. The maximum atomic E-state index is 10.4. The first-order valence-electron chi connectivity index (χ1n) is 6.24. The third kappa shape index (κ3) is 2.93. The molecule has 1 saturated carbocycles. The molecule has 17 heavy (non-hydrogen) atoms. The first kappa shape index (κ1) is 12.7. The van der Waals surface area contributed by atoms with Gasteiger partial charge in [-0.15, -0.1) is 0 Å². The summed E-state index contributed by atoms with van der Waals surface area (Å²) in [5.41, 5.74) is 0.865. The van der Waals surface area contributed by atoms with E-state index in [0.717, 1.165) is 18.4 Å². The van der Waals surface area contributed by atoms with Crippen molar-refractivity contribution in [1.29, 1.82) is 0 Å². The number of aliphatic hydroxyl groups excluding tert-OH is 1. The summed E-state index contributed by atoms with van der Waals surface area (Å²) >= 11 is 5.92. The lowest BCUT2D eigenvalue weighted by Crippen LogP contribution is -2.16. The molecule has 1 fully saturated rings. The first-order valence-corrected chi connectivity index (χ1v) is 6.61. The fourth-order valence-electron chi connectivity index (χ4n) is 2.63. The molecule has 2 rings (SSSR count). The van der Waals surface area contributed by atoms with Gasteiger partial charge in [0, 0.05) is 10.6 Å². The van der Waals surface area contributed by atoms with Crippen molar-refractivity contribution in [3.63, 3.8) is 0 Å². The molecular formula is C14H19ClO2. The zero-order valence-electron chi connectivity index (χ0n) is 10.2. The number of rotatable bonds is 3. The highest BCUT2D eigenvalue weighted by Gasteiger charge is 2.25. The van der Waals surface area contributed by atoms with Crippen LogP contribution in [0, 0.1) is 5.92 Å². The van der Waals surface area contributed by atoms with Crippen LogP contribution in [0.1, 0.15) is 43.8 Å². The van der Waals surface area contributed by atoms with Crippen LogP contribution in [0.25, 0.3) is 0 Å². The molecule has 0 radical (unpaired) electrons. The molecule has 1 N–H and O–H groups in total. The second kappa shape index (κ2) is 5.74. The topological polar surface area (TPSA) is 29.5 Å². The smallest absolute Gasteiger partial charge is 0.126 e. The number of benzene rings is 1. The number of hydrogen-bond donors (Lipinski definition) is 1. The standard InChI is InChI=1S/C14H19ClO2/c1-17-13-9-11(15)7-8-12(13)14(16)10-5-3-2-4-6-10/h7-10,14,16H,2-6H2,1H3. The zero-order valence-corrected chi connectivity index (χ0v) is 10.9. The molecule has 2 nitrogen and oxygen atoms in total. The van der Waals surface area contributed by atoms with Crippen molar-refractivity contribution in [2.45, 2.75) is 38.2 Å². The molecule has 94 valence electrons. The molecule has 3 heteroatoms. The van der Waals surface area contributed by atoms with Gasteiger partial charge in [0.25, 0.3) is 0 Å². The SMILES string of the molecule is COc1cc(Cl)ccc1C(O)C1CCCCC1. The van der Waals surface area contributed by atoms with E-state index in [1.54, 1.807) is 13.2 Å². The molecule has 1 aliphatic carbocycles. The maximum Gasteiger partial charge on any atom is 0.126 e. The summed E-state index contributed by atoms with van der Waals surface area (Å²) in [5.74, 6) is 1.05. The number of ether oxygens (including phenoxy) is 1. The van der Waals surface area contributed by atoms with E-state index in [0.29, 0.717) is 16.7 Å². The van der Waals surface area contributed by atoms with Crippen LogP contribution in [-0.4, -0.2) is 12.2 Å². The van der Waals surface area contributed by atoms with E-state index < -0.39 is 6.10 Å². The van der Waals surface area contributed by atoms with Gasteiger partial charge in [-0.1, -0.05) is 36.9 Å². The highest BCUT2D eigenvalue weighted by atomic mass is 35.5. The molecule has 0 heterocycles. The summed E-state index contributed by atoms with van der Waals surface area (Å²) in [7, 11) is 1.61. The number of hydrogen-bond acceptors (Lipinski definition) is 2. The molecule has 0 saturated heterocycles. The Kier molecular flexibility index (Phi) is 4.30. The van der Waals surface area contributed by atoms with Crippen LogP contribution in [0.4, 0.5) is 0 Å². The van der Waals surface area contributed by atoms with Gasteiger partial charge in [-0.3, -0.25) is 0 Å². The van der Waals surface area contributed by atoms with E-state index in [4.69, 9.17) is 16.3 Å². The van der Waals surface area contributed by atoms with E-state index in [2.05, 4.69) is 0 Å². The van der Waals surface area contributed by atoms with E-state index >= 15 is 0 Å². The molecule has 0 bridgehead atoms. The molecular weight excluding hydrogens is 236 g/mol. The van der Waals surface area contributed by atoms with Crippen LogP contribution in [0.15, 0.2) is 18.2 Å². The highest BCUT2D eigenvalue weighted by Crippen LogP contribution is 2.38. The Labute approximate surface area is 108 Å². The lowest BCUT2D eigenvalue weighted by Gasteiger charge is -2.27. The van der Waals surface area contributed by atoms with Gasteiger partial charge in [0.2, 0.25) is 0 Å². The van der Waals surface area contributed by atoms with Crippen LogP contribution in [0.3, 0.4) is 0 Å². The van der Waals surface area contributed by atoms with Crippen LogP contribution < -0.4 is 4.74 Å². The van der Waals surface area contributed by atoms with Gasteiger partial charge in [-0.2, -0.15) is 0 Å². The first-order chi connectivity index (χ1) is 8.22. The van der Waals surface area contributed by atoms with Gasteiger partial charge in [0.05, 0.1) is 13.2 Å². The van der Waals surface area contributed by atoms with Gasteiger partial charge in [-0.05, 0) is 30.9 Å². The molecule has 1 aliphatic rings.